The highest BCUT2D eigenvalue weighted by molar-refractivity contribution is 7.89. The Morgan fingerprint density at radius 1 is 1.40 bits per heavy atom. The van der Waals surface area contributed by atoms with Crippen LogP contribution in [0.5, 0.6) is 0 Å². The Hall–Kier alpha value is -0.430. The van der Waals surface area contributed by atoms with Gasteiger partial charge in [-0.1, -0.05) is 26.2 Å². The van der Waals surface area contributed by atoms with Gasteiger partial charge in [0.05, 0.1) is 4.90 Å². The highest BCUT2D eigenvalue weighted by Gasteiger charge is 2.29. The first-order chi connectivity index (χ1) is 9.47. The molecule has 0 aliphatic heterocycles. The SMILES string of the molecule is CCC1CCCCC1NS(=O)(=O)c1cc(CN)sc1C. The number of hydrogen-bond donors (Lipinski definition) is 2. The van der Waals surface area contributed by atoms with Gasteiger partial charge < -0.3 is 5.73 Å². The van der Waals surface area contributed by atoms with Gasteiger partial charge in [-0.3, -0.25) is 0 Å². The summed E-state index contributed by atoms with van der Waals surface area (Å²) in [6, 6.07) is 1.80. The van der Waals surface area contributed by atoms with E-state index in [1.54, 1.807) is 6.07 Å². The molecule has 1 aromatic heterocycles. The van der Waals surface area contributed by atoms with Gasteiger partial charge in [0.25, 0.3) is 0 Å². The number of aryl methyl sites for hydroxylation is 1. The Morgan fingerprint density at radius 2 is 2.10 bits per heavy atom. The molecule has 1 aromatic rings. The summed E-state index contributed by atoms with van der Waals surface area (Å²) in [6.07, 6.45) is 5.43. The number of sulfonamides is 1. The summed E-state index contributed by atoms with van der Waals surface area (Å²) in [6.45, 7) is 4.37. The maximum absolute atomic E-state index is 12.6. The van der Waals surface area contributed by atoms with Crippen LogP contribution in [-0.2, 0) is 16.6 Å². The topological polar surface area (TPSA) is 72.2 Å². The van der Waals surface area contributed by atoms with E-state index < -0.39 is 10.0 Å². The number of nitrogens with two attached hydrogens (primary N) is 1. The molecule has 1 fully saturated rings. The van der Waals surface area contributed by atoms with Crippen molar-refractivity contribution in [2.75, 3.05) is 0 Å². The van der Waals surface area contributed by atoms with E-state index >= 15 is 0 Å². The normalized spacial score (nSPS) is 23.9. The molecule has 20 heavy (non-hydrogen) atoms. The fourth-order valence-corrected chi connectivity index (χ4v) is 5.86. The van der Waals surface area contributed by atoms with E-state index in [4.69, 9.17) is 5.73 Å². The van der Waals surface area contributed by atoms with Gasteiger partial charge in [0.15, 0.2) is 0 Å². The fourth-order valence-electron chi connectivity index (χ4n) is 3.01. The zero-order valence-corrected chi connectivity index (χ0v) is 13.8. The largest absolute Gasteiger partial charge is 0.326 e. The molecule has 1 aliphatic rings. The van der Waals surface area contributed by atoms with Gasteiger partial charge in [0.1, 0.15) is 0 Å². The number of nitrogens with one attached hydrogen (secondary N) is 1. The third-order valence-electron chi connectivity index (χ3n) is 4.15. The molecular formula is C14H24N2O2S2. The van der Waals surface area contributed by atoms with Crippen LogP contribution in [0.2, 0.25) is 0 Å². The standard InChI is InChI=1S/C14H24N2O2S2/c1-3-11-6-4-5-7-13(11)16-20(17,18)14-8-12(9-15)19-10(14)2/h8,11,13,16H,3-7,9,15H2,1-2H3. The Bertz CT molecular complexity index is 552. The minimum atomic E-state index is -3.42. The van der Waals surface area contributed by atoms with E-state index in [1.807, 2.05) is 6.92 Å². The minimum absolute atomic E-state index is 0.0828. The molecule has 1 saturated carbocycles. The second-order valence-corrected chi connectivity index (χ2v) is 8.54. The van der Waals surface area contributed by atoms with E-state index in [2.05, 4.69) is 11.6 Å². The van der Waals surface area contributed by atoms with Crippen molar-refractivity contribution in [1.29, 1.82) is 0 Å². The summed E-state index contributed by atoms with van der Waals surface area (Å²) < 4.78 is 28.1. The van der Waals surface area contributed by atoms with E-state index in [-0.39, 0.29) is 6.04 Å². The van der Waals surface area contributed by atoms with Crippen LogP contribution in [-0.4, -0.2) is 14.5 Å². The first-order valence-electron chi connectivity index (χ1n) is 7.29. The second kappa shape index (κ2) is 6.56. The zero-order valence-electron chi connectivity index (χ0n) is 12.2. The van der Waals surface area contributed by atoms with Gasteiger partial charge in [-0.05, 0) is 31.7 Å². The molecule has 1 aliphatic carbocycles. The Kier molecular flexibility index (Phi) is 5.23. The van der Waals surface area contributed by atoms with E-state index in [1.165, 1.54) is 17.8 Å². The maximum atomic E-state index is 12.6. The molecular weight excluding hydrogens is 292 g/mol. The van der Waals surface area contributed by atoms with Crippen LogP contribution >= 0.6 is 11.3 Å². The molecule has 2 rings (SSSR count). The molecule has 114 valence electrons. The minimum Gasteiger partial charge on any atom is -0.326 e. The summed E-state index contributed by atoms with van der Waals surface area (Å²) in [5.74, 6) is 0.464. The molecule has 2 unspecified atom stereocenters. The lowest BCUT2D eigenvalue weighted by Gasteiger charge is -2.31. The molecule has 0 spiro atoms. The second-order valence-electron chi connectivity index (χ2n) is 5.52. The molecule has 2 atom stereocenters. The predicted octanol–water partition coefficient (Wildman–Crippen LogP) is 2.76. The van der Waals surface area contributed by atoms with Crippen LogP contribution in [0.25, 0.3) is 0 Å². The van der Waals surface area contributed by atoms with Crippen LogP contribution in [0.3, 0.4) is 0 Å². The number of thiophene rings is 1. The molecule has 0 bridgehead atoms. The summed E-state index contributed by atoms with van der Waals surface area (Å²) in [5, 5.41) is 0. The highest BCUT2D eigenvalue weighted by Crippen LogP contribution is 2.30. The molecule has 4 nitrogen and oxygen atoms in total. The van der Waals surface area contributed by atoms with Gasteiger partial charge in [-0.2, -0.15) is 0 Å². The fraction of sp³-hybridized carbons (Fsp3) is 0.714. The summed E-state index contributed by atoms with van der Waals surface area (Å²) >= 11 is 1.47. The molecule has 0 saturated heterocycles. The highest BCUT2D eigenvalue weighted by atomic mass is 32.2. The third kappa shape index (κ3) is 3.42. The lowest BCUT2D eigenvalue weighted by Crippen LogP contribution is -2.41. The molecule has 0 radical (unpaired) electrons. The smallest absolute Gasteiger partial charge is 0.241 e. The summed E-state index contributed by atoms with van der Waals surface area (Å²) in [5.41, 5.74) is 5.60. The quantitative estimate of drug-likeness (QED) is 0.877. The molecule has 6 heteroatoms. The van der Waals surface area contributed by atoms with Crippen molar-refractivity contribution in [1.82, 2.24) is 4.72 Å². The third-order valence-corrected chi connectivity index (χ3v) is 6.97. The Morgan fingerprint density at radius 3 is 2.70 bits per heavy atom. The first kappa shape index (κ1) is 15.9. The van der Waals surface area contributed by atoms with Crippen molar-refractivity contribution in [3.8, 4) is 0 Å². The summed E-state index contributed by atoms with van der Waals surface area (Å²) in [4.78, 5) is 2.14. The van der Waals surface area contributed by atoms with E-state index in [0.29, 0.717) is 17.4 Å². The van der Waals surface area contributed by atoms with Gasteiger partial charge in [0.2, 0.25) is 10.0 Å². The van der Waals surface area contributed by atoms with Crippen molar-refractivity contribution in [2.24, 2.45) is 11.7 Å². The van der Waals surface area contributed by atoms with Gasteiger partial charge in [-0.25, -0.2) is 13.1 Å². The monoisotopic (exact) mass is 316 g/mol. The molecule has 3 N–H and O–H groups in total. The zero-order chi connectivity index (χ0) is 14.8. The van der Waals surface area contributed by atoms with Gasteiger partial charge in [-0.15, -0.1) is 11.3 Å². The van der Waals surface area contributed by atoms with Crippen LogP contribution in [0.15, 0.2) is 11.0 Å². The van der Waals surface area contributed by atoms with Crippen molar-refractivity contribution in [2.45, 2.75) is 63.4 Å². The van der Waals surface area contributed by atoms with E-state index in [0.717, 1.165) is 35.4 Å². The maximum Gasteiger partial charge on any atom is 0.241 e. The first-order valence-corrected chi connectivity index (χ1v) is 9.59. The van der Waals surface area contributed by atoms with Gasteiger partial charge in [0, 0.05) is 22.3 Å². The van der Waals surface area contributed by atoms with Crippen LogP contribution in [0.4, 0.5) is 0 Å². The van der Waals surface area contributed by atoms with Crippen LogP contribution < -0.4 is 10.5 Å². The van der Waals surface area contributed by atoms with Crippen molar-refractivity contribution < 1.29 is 8.42 Å². The predicted molar refractivity (Wildman–Crippen MR) is 83.3 cm³/mol. The average molecular weight is 316 g/mol. The Labute approximate surface area is 125 Å². The molecule has 0 amide bonds. The van der Waals surface area contributed by atoms with Crippen LogP contribution in [0.1, 0.15) is 48.8 Å². The average Bonchev–Trinajstić information content (AvgIpc) is 2.81. The molecule has 0 aromatic carbocycles. The lowest BCUT2D eigenvalue weighted by molar-refractivity contribution is 0.282. The molecule has 1 heterocycles. The summed E-state index contributed by atoms with van der Waals surface area (Å²) in [7, 11) is -3.42. The van der Waals surface area contributed by atoms with Crippen molar-refractivity contribution in [3.05, 3.63) is 15.8 Å². The van der Waals surface area contributed by atoms with Gasteiger partial charge >= 0.3 is 0 Å². The van der Waals surface area contributed by atoms with Crippen molar-refractivity contribution in [3.63, 3.8) is 0 Å². The van der Waals surface area contributed by atoms with Crippen LogP contribution in [0, 0.1) is 12.8 Å². The van der Waals surface area contributed by atoms with Crippen molar-refractivity contribution >= 4 is 21.4 Å². The van der Waals surface area contributed by atoms with E-state index in [9.17, 15) is 8.42 Å². The number of hydrogen-bond acceptors (Lipinski definition) is 4. The Balaban J connectivity index is 2.19. The lowest BCUT2D eigenvalue weighted by atomic mass is 9.83. The number of rotatable bonds is 5.